The largest absolute Gasteiger partial charge is 0.481 e. The first-order chi connectivity index (χ1) is 11.9. The molecule has 1 N–H and O–H groups in total. The molecule has 0 aliphatic heterocycles. The Morgan fingerprint density at radius 3 is 2.48 bits per heavy atom. The Labute approximate surface area is 154 Å². The van der Waals surface area contributed by atoms with Crippen LogP contribution in [0.2, 0.25) is 0 Å². The fraction of sp³-hybridized carbons (Fsp3) is 0.286. The van der Waals surface area contributed by atoms with Crippen molar-refractivity contribution in [2.75, 3.05) is 11.4 Å². The van der Waals surface area contributed by atoms with Crippen LogP contribution in [0.3, 0.4) is 0 Å². The molecule has 1 aromatic rings. The number of benzene rings is 1. The van der Waals surface area contributed by atoms with Crippen LogP contribution in [0.5, 0.6) is 0 Å². The number of hydrogen-bond acceptors (Lipinski definition) is 2. The summed E-state index contributed by atoms with van der Waals surface area (Å²) in [4.78, 5) is 13.4. The monoisotopic (exact) mass is 357 g/mol. The van der Waals surface area contributed by atoms with Gasteiger partial charge in [0, 0.05) is 23.0 Å². The van der Waals surface area contributed by atoms with E-state index in [0.717, 1.165) is 23.5 Å². The molecule has 0 aromatic heterocycles. The van der Waals surface area contributed by atoms with Gasteiger partial charge in [0.1, 0.15) is 0 Å². The Morgan fingerprint density at radius 2 is 2.00 bits per heavy atom. The van der Waals surface area contributed by atoms with Gasteiger partial charge in [-0.2, -0.15) is 0 Å². The number of hydrogen-bond donors (Lipinski definition) is 1. The van der Waals surface area contributed by atoms with Crippen molar-refractivity contribution in [3.05, 3.63) is 77.5 Å². The lowest BCUT2D eigenvalue weighted by Gasteiger charge is -2.24. The molecular weight excluding hydrogens is 334 g/mol. The zero-order valence-electron chi connectivity index (χ0n) is 14.7. The molecular formula is C21H24ClNO2. The summed E-state index contributed by atoms with van der Waals surface area (Å²) in [5.74, 6) is -0.781. The molecule has 1 saturated carbocycles. The molecule has 0 bridgehead atoms. The first-order valence-corrected chi connectivity index (χ1v) is 8.77. The highest BCUT2D eigenvalue weighted by molar-refractivity contribution is 6.32. The van der Waals surface area contributed by atoms with Crippen molar-refractivity contribution < 1.29 is 9.90 Å². The van der Waals surface area contributed by atoms with Crippen molar-refractivity contribution in [3.63, 3.8) is 0 Å². The minimum Gasteiger partial charge on any atom is -0.481 e. The molecule has 1 aliphatic carbocycles. The Bertz CT molecular complexity index is 728. The second-order valence-electron chi connectivity index (χ2n) is 6.17. The van der Waals surface area contributed by atoms with E-state index in [1.165, 1.54) is 0 Å². The van der Waals surface area contributed by atoms with Gasteiger partial charge < -0.3 is 10.0 Å². The number of carboxylic acids is 1. The molecule has 0 unspecified atom stereocenters. The first kappa shape index (κ1) is 19.1. The highest BCUT2D eigenvalue weighted by Gasteiger charge is 2.47. The second-order valence-corrected chi connectivity index (χ2v) is 6.57. The zero-order valence-corrected chi connectivity index (χ0v) is 15.5. The minimum atomic E-state index is -0.781. The topological polar surface area (TPSA) is 40.5 Å². The molecule has 0 radical (unpaired) electrons. The normalized spacial score (nSPS) is 17.2. The molecule has 3 nitrogen and oxygen atoms in total. The third-order valence-electron chi connectivity index (χ3n) is 4.44. The standard InChI is InChI=1S/C21H24ClNO2/c1-4-17(11-12-21(13-14-21)20(24)25)19(22)15-16(3)23(5-2)18-9-7-6-8-10-18/h4,6-12,15H,1,5,13-14H2,2-3H3,(H,24,25)/b12-11+,16-15+,19-17-. The smallest absolute Gasteiger partial charge is 0.313 e. The summed E-state index contributed by atoms with van der Waals surface area (Å²) in [6, 6.07) is 10.1. The number of para-hydroxylation sites is 1. The number of allylic oxidation sites excluding steroid dienone is 6. The molecule has 0 spiro atoms. The lowest BCUT2D eigenvalue weighted by molar-refractivity contribution is -0.141. The van der Waals surface area contributed by atoms with Crippen molar-refractivity contribution >= 4 is 23.3 Å². The maximum Gasteiger partial charge on any atom is 0.313 e. The van der Waals surface area contributed by atoms with E-state index in [1.807, 2.05) is 31.2 Å². The van der Waals surface area contributed by atoms with Crippen LogP contribution >= 0.6 is 11.6 Å². The van der Waals surface area contributed by atoms with E-state index in [0.29, 0.717) is 17.9 Å². The fourth-order valence-corrected chi connectivity index (χ4v) is 2.97. The zero-order chi connectivity index (χ0) is 18.4. The molecule has 0 saturated heterocycles. The van der Waals surface area contributed by atoms with Crippen LogP contribution in [0.15, 0.2) is 77.5 Å². The summed E-state index contributed by atoms with van der Waals surface area (Å²) in [6.07, 6.45) is 8.38. The van der Waals surface area contributed by atoms with Gasteiger partial charge in [-0.25, -0.2) is 0 Å². The van der Waals surface area contributed by atoms with Gasteiger partial charge in [0.2, 0.25) is 0 Å². The quantitative estimate of drug-likeness (QED) is 0.623. The van der Waals surface area contributed by atoms with E-state index < -0.39 is 11.4 Å². The number of rotatable bonds is 8. The van der Waals surface area contributed by atoms with Crippen LogP contribution in [-0.2, 0) is 4.79 Å². The summed E-state index contributed by atoms with van der Waals surface area (Å²) in [6.45, 7) is 8.70. The van der Waals surface area contributed by atoms with Crippen LogP contribution in [0, 0.1) is 5.41 Å². The van der Waals surface area contributed by atoms with Gasteiger partial charge in [0.15, 0.2) is 0 Å². The van der Waals surface area contributed by atoms with Crippen LogP contribution in [0.4, 0.5) is 5.69 Å². The second kappa shape index (κ2) is 8.21. The molecule has 0 amide bonds. The van der Waals surface area contributed by atoms with Crippen LogP contribution in [0.1, 0.15) is 26.7 Å². The fourth-order valence-electron chi connectivity index (χ4n) is 2.67. The van der Waals surface area contributed by atoms with Crippen molar-refractivity contribution in [2.45, 2.75) is 26.7 Å². The van der Waals surface area contributed by atoms with Crippen LogP contribution in [-0.4, -0.2) is 17.6 Å². The molecule has 1 fully saturated rings. The van der Waals surface area contributed by atoms with Crippen LogP contribution < -0.4 is 4.90 Å². The van der Waals surface area contributed by atoms with E-state index in [9.17, 15) is 9.90 Å². The van der Waals surface area contributed by atoms with E-state index in [2.05, 4.69) is 30.5 Å². The Balaban J connectivity index is 2.26. The Kier molecular flexibility index (Phi) is 6.27. The molecule has 1 aromatic carbocycles. The highest BCUT2D eigenvalue weighted by Crippen LogP contribution is 2.47. The average Bonchev–Trinajstić information content (AvgIpc) is 3.38. The molecule has 0 atom stereocenters. The van der Waals surface area contributed by atoms with E-state index >= 15 is 0 Å². The van der Waals surface area contributed by atoms with E-state index in [4.69, 9.17) is 11.6 Å². The predicted octanol–water partition coefficient (Wildman–Crippen LogP) is 5.52. The van der Waals surface area contributed by atoms with Gasteiger partial charge >= 0.3 is 5.97 Å². The molecule has 0 heterocycles. The van der Waals surface area contributed by atoms with Crippen molar-refractivity contribution in [1.29, 1.82) is 0 Å². The van der Waals surface area contributed by atoms with E-state index in [1.54, 1.807) is 18.2 Å². The summed E-state index contributed by atoms with van der Waals surface area (Å²) >= 11 is 6.47. The van der Waals surface area contributed by atoms with Crippen LogP contribution in [0.25, 0.3) is 0 Å². The number of aliphatic carboxylic acids is 1. The maximum atomic E-state index is 11.3. The lowest BCUT2D eigenvalue weighted by Crippen LogP contribution is -2.20. The summed E-state index contributed by atoms with van der Waals surface area (Å²) in [7, 11) is 0. The van der Waals surface area contributed by atoms with Gasteiger partial charge in [0.05, 0.1) is 5.41 Å². The highest BCUT2D eigenvalue weighted by atomic mass is 35.5. The number of nitrogens with zero attached hydrogens (tertiary/aromatic N) is 1. The predicted molar refractivity (Wildman–Crippen MR) is 105 cm³/mol. The summed E-state index contributed by atoms with van der Waals surface area (Å²) in [5.41, 5.74) is 2.11. The third-order valence-corrected chi connectivity index (χ3v) is 4.77. The third kappa shape index (κ3) is 4.64. The summed E-state index contributed by atoms with van der Waals surface area (Å²) in [5, 5.41) is 9.80. The van der Waals surface area contributed by atoms with Gasteiger partial charge in [-0.15, -0.1) is 0 Å². The number of anilines is 1. The van der Waals surface area contributed by atoms with Crippen molar-refractivity contribution in [2.24, 2.45) is 5.41 Å². The lowest BCUT2D eigenvalue weighted by atomic mass is 10.1. The summed E-state index contributed by atoms with van der Waals surface area (Å²) < 4.78 is 0. The molecule has 1 aliphatic rings. The maximum absolute atomic E-state index is 11.3. The van der Waals surface area contributed by atoms with Gasteiger partial charge in [-0.3, -0.25) is 4.79 Å². The average molecular weight is 358 g/mol. The molecule has 4 heteroatoms. The Hall–Kier alpha value is -2.26. The molecule has 2 rings (SSSR count). The van der Waals surface area contributed by atoms with E-state index in [-0.39, 0.29) is 0 Å². The number of halogens is 1. The van der Waals surface area contributed by atoms with Crippen molar-refractivity contribution in [3.8, 4) is 0 Å². The minimum absolute atomic E-state index is 0.541. The SMILES string of the molecule is C=CC(/C=C/C1(C(=O)O)CC1)=C(Cl)\C=C(/C)N(CC)c1ccccc1. The van der Waals surface area contributed by atoms with Gasteiger partial charge in [0.25, 0.3) is 0 Å². The van der Waals surface area contributed by atoms with Crippen molar-refractivity contribution in [1.82, 2.24) is 0 Å². The van der Waals surface area contributed by atoms with Gasteiger partial charge in [-0.05, 0) is 50.5 Å². The first-order valence-electron chi connectivity index (χ1n) is 8.39. The molecule has 132 valence electrons. The molecule has 25 heavy (non-hydrogen) atoms. The number of carboxylic acid groups (broad SMARTS) is 1. The van der Waals surface area contributed by atoms with Gasteiger partial charge in [-0.1, -0.05) is 54.6 Å². The Morgan fingerprint density at radius 1 is 1.36 bits per heavy atom. The number of carbonyl (C=O) groups is 1.